The molecule has 10 heteroatoms. The lowest BCUT2D eigenvalue weighted by atomic mass is 9.95. The van der Waals surface area contributed by atoms with Gasteiger partial charge in [-0.1, -0.05) is 6.07 Å². The van der Waals surface area contributed by atoms with Gasteiger partial charge in [-0.05, 0) is 55.5 Å². The molecule has 1 N–H and O–H groups in total. The predicted octanol–water partition coefficient (Wildman–Crippen LogP) is 2.93. The highest BCUT2D eigenvalue weighted by atomic mass is 32.1. The molecule has 5 rings (SSSR count). The quantitative estimate of drug-likeness (QED) is 0.614. The molecule has 4 heterocycles. The van der Waals surface area contributed by atoms with Crippen LogP contribution in [-0.2, 0) is 35.5 Å². The van der Waals surface area contributed by atoms with Crippen molar-refractivity contribution in [2.75, 3.05) is 11.9 Å². The van der Waals surface area contributed by atoms with Crippen LogP contribution in [0.25, 0.3) is 10.8 Å². The van der Waals surface area contributed by atoms with Gasteiger partial charge in [-0.25, -0.2) is 4.79 Å². The summed E-state index contributed by atoms with van der Waals surface area (Å²) in [6.45, 7) is 1.04. The van der Waals surface area contributed by atoms with Gasteiger partial charge < -0.3 is 19.0 Å². The third-order valence-electron chi connectivity index (χ3n) is 5.98. The van der Waals surface area contributed by atoms with E-state index < -0.39 is 11.7 Å². The van der Waals surface area contributed by atoms with Gasteiger partial charge in [0.05, 0.1) is 23.1 Å². The number of carbonyl (C=O) groups is 1. The zero-order valence-electron chi connectivity index (χ0n) is 17.5. The largest absolute Gasteiger partial charge is 0.437 e. The maximum atomic E-state index is 12.9. The molecule has 1 amide bonds. The van der Waals surface area contributed by atoms with Gasteiger partial charge in [-0.3, -0.25) is 4.79 Å². The number of carbonyl (C=O) groups excluding carboxylic acids is 1. The van der Waals surface area contributed by atoms with Crippen molar-refractivity contribution in [3.8, 4) is 16.8 Å². The molecule has 0 spiro atoms. The average molecular weight is 454 g/mol. The van der Waals surface area contributed by atoms with Gasteiger partial charge in [0.15, 0.2) is 0 Å². The second kappa shape index (κ2) is 8.76. The highest BCUT2D eigenvalue weighted by Crippen LogP contribution is 2.34. The van der Waals surface area contributed by atoms with Crippen LogP contribution in [0.2, 0.25) is 0 Å². The molecule has 2 aliphatic rings. The fraction of sp³-hybridized carbons (Fsp3) is 0.455. The molecule has 1 saturated heterocycles. The molecule has 1 fully saturated rings. The first-order valence-electron chi connectivity index (χ1n) is 10.8. The van der Waals surface area contributed by atoms with Gasteiger partial charge in [-0.2, -0.15) is 9.94 Å². The molecule has 3 aromatic heterocycles. The molecule has 166 valence electrons. The van der Waals surface area contributed by atoms with E-state index in [2.05, 4.69) is 16.5 Å². The predicted molar refractivity (Wildman–Crippen MR) is 117 cm³/mol. The Labute approximate surface area is 188 Å². The van der Waals surface area contributed by atoms with Crippen LogP contribution in [0, 0.1) is 11.3 Å². The molecule has 3 aromatic rings. The van der Waals surface area contributed by atoms with Gasteiger partial charge >= 0.3 is 5.76 Å². The number of rotatable bonds is 6. The Balaban J connectivity index is 1.42. The molecule has 0 radical (unpaired) electrons. The normalized spacial score (nSPS) is 17.8. The molecular formula is C22H23N5O4S. The lowest BCUT2D eigenvalue weighted by molar-refractivity contribution is -0.117. The second-order valence-corrected chi connectivity index (χ2v) is 9.02. The second-order valence-electron chi connectivity index (χ2n) is 8.07. The number of thiophene rings is 1. The Kier molecular flexibility index (Phi) is 5.68. The van der Waals surface area contributed by atoms with Crippen molar-refractivity contribution >= 4 is 23.1 Å². The van der Waals surface area contributed by atoms with Crippen LogP contribution in [0.5, 0.6) is 0 Å². The van der Waals surface area contributed by atoms with Crippen LogP contribution in [0.3, 0.4) is 0 Å². The van der Waals surface area contributed by atoms with E-state index >= 15 is 0 Å². The summed E-state index contributed by atoms with van der Waals surface area (Å²) in [5.74, 6) is -0.446. The van der Waals surface area contributed by atoms with Crippen molar-refractivity contribution in [1.29, 1.82) is 5.26 Å². The van der Waals surface area contributed by atoms with Gasteiger partial charge in [0.25, 0.3) is 5.89 Å². The summed E-state index contributed by atoms with van der Waals surface area (Å²) in [7, 11) is 0. The first-order valence-corrected chi connectivity index (χ1v) is 11.7. The molecule has 1 aliphatic heterocycles. The Morgan fingerprint density at radius 1 is 1.34 bits per heavy atom. The van der Waals surface area contributed by atoms with Gasteiger partial charge in [-0.15, -0.1) is 16.4 Å². The van der Waals surface area contributed by atoms with Gasteiger partial charge in [0, 0.05) is 12.3 Å². The number of amides is 1. The topological polar surface area (TPSA) is 115 Å². The Morgan fingerprint density at radius 3 is 2.97 bits per heavy atom. The van der Waals surface area contributed by atoms with E-state index in [1.807, 2.05) is 16.0 Å². The van der Waals surface area contributed by atoms with Crippen LogP contribution in [0.15, 0.2) is 26.7 Å². The van der Waals surface area contributed by atoms with Crippen LogP contribution in [0.1, 0.15) is 42.5 Å². The van der Waals surface area contributed by atoms with Gasteiger partial charge in [0.2, 0.25) is 5.91 Å². The number of aromatic nitrogens is 3. The zero-order chi connectivity index (χ0) is 22.1. The van der Waals surface area contributed by atoms with Crippen molar-refractivity contribution < 1.29 is 13.9 Å². The molecule has 32 heavy (non-hydrogen) atoms. The van der Waals surface area contributed by atoms with E-state index in [0.29, 0.717) is 22.8 Å². The molecular weight excluding hydrogens is 430 g/mol. The van der Waals surface area contributed by atoms with E-state index in [1.54, 1.807) is 6.07 Å². The SMILES string of the molecule is N#Cc1c2c(n(CC3CCCO3)c1NC(=O)Cn1nc(-c3cccs3)oc1=O)CCCC2. The molecule has 0 bridgehead atoms. The summed E-state index contributed by atoms with van der Waals surface area (Å²) >= 11 is 1.40. The Bertz CT molecular complexity index is 1220. The number of hydrogen-bond donors (Lipinski definition) is 1. The van der Waals surface area contributed by atoms with Crippen LogP contribution in [-0.4, -0.2) is 33.0 Å². The summed E-state index contributed by atoms with van der Waals surface area (Å²) in [6, 6.07) is 5.92. The number of anilines is 1. The van der Waals surface area contributed by atoms with E-state index in [9.17, 15) is 14.9 Å². The Hall–Kier alpha value is -3.16. The van der Waals surface area contributed by atoms with E-state index in [-0.39, 0.29) is 18.5 Å². The summed E-state index contributed by atoms with van der Waals surface area (Å²) in [5, 5.41) is 18.8. The maximum Gasteiger partial charge on any atom is 0.437 e. The third-order valence-corrected chi connectivity index (χ3v) is 6.84. The summed E-state index contributed by atoms with van der Waals surface area (Å²) in [6.07, 6.45) is 5.83. The fourth-order valence-electron chi connectivity index (χ4n) is 4.53. The van der Waals surface area contributed by atoms with Gasteiger partial charge in [0.1, 0.15) is 18.4 Å². The van der Waals surface area contributed by atoms with Crippen LogP contribution >= 0.6 is 11.3 Å². The first kappa shape index (κ1) is 20.7. The Morgan fingerprint density at radius 2 is 2.22 bits per heavy atom. The maximum absolute atomic E-state index is 12.9. The fourth-order valence-corrected chi connectivity index (χ4v) is 5.17. The smallest absolute Gasteiger partial charge is 0.387 e. The van der Waals surface area contributed by atoms with Crippen molar-refractivity contribution in [1.82, 2.24) is 14.3 Å². The molecule has 1 atom stereocenters. The number of nitrogens with zero attached hydrogens (tertiary/aromatic N) is 4. The standard InChI is InChI=1S/C22H23N5O4S/c23-11-16-15-6-1-2-7-17(15)26(12-14-5-3-9-30-14)20(16)24-19(28)13-27-22(29)31-21(25-27)18-8-4-10-32-18/h4,8,10,14H,1-3,5-7,9,12-13H2,(H,24,28). The minimum absolute atomic E-state index is 0.0714. The van der Waals surface area contributed by atoms with Crippen molar-refractivity contribution in [3.63, 3.8) is 0 Å². The van der Waals surface area contributed by atoms with Crippen LogP contribution < -0.4 is 11.1 Å². The van der Waals surface area contributed by atoms with E-state index in [1.165, 1.54) is 11.3 Å². The van der Waals surface area contributed by atoms with Crippen molar-refractivity contribution in [2.24, 2.45) is 0 Å². The molecule has 1 aliphatic carbocycles. The third kappa shape index (κ3) is 3.89. The molecule has 9 nitrogen and oxygen atoms in total. The number of hydrogen-bond acceptors (Lipinski definition) is 7. The average Bonchev–Trinajstić information content (AvgIpc) is 3.58. The zero-order valence-corrected chi connectivity index (χ0v) is 18.3. The molecule has 1 unspecified atom stereocenters. The summed E-state index contributed by atoms with van der Waals surface area (Å²) < 4.78 is 14.1. The highest BCUT2D eigenvalue weighted by molar-refractivity contribution is 7.13. The highest BCUT2D eigenvalue weighted by Gasteiger charge is 2.28. The lowest BCUT2D eigenvalue weighted by Gasteiger charge is -2.19. The summed E-state index contributed by atoms with van der Waals surface area (Å²) in [5.41, 5.74) is 2.64. The number of ether oxygens (including phenoxy) is 1. The number of nitrogens with one attached hydrogen (secondary N) is 1. The van der Waals surface area contributed by atoms with E-state index in [0.717, 1.165) is 61.1 Å². The summed E-state index contributed by atoms with van der Waals surface area (Å²) in [4.78, 5) is 25.8. The number of fused-ring (bicyclic) bond motifs is 1. The minimum Gasteiger partial charge on any atom is -0.387 e. The van der Waals surface area contributed by atoms with E-state index in [4.69, 9.17) is 9.15 Å². The first-order chi connectivity index (χ1) is 15.6. The monoisotopic (exact) mass is 453 g/mol. The van der Waals surface area contributed by atoms with Crippen LogP contribution in [0.4, 0.5) is 5.82 Å². The van der Waals surface area contributed by atoms with Crippen molar-refractivity contribution in [2.45, 2.75) is 57.7 Å². The number of nitriles is 1. The van der Waals surface area contributed by atoms with Crippen molar-refractivity contribution in [3.05, 3.63) is 44.9 Å². The lowest BCUT2D eigenvalue weighted by Crippen LogP contribution is -2.28. The molecule has 0 aromatic carbocycles. The molecule has 0 saturated carbocycles. The minimum atomic E-state index is -0.696.